The van der Waals surface area contributed by atoms with Crippen molar-refractivity contribution in [2.24, 2.45) is 0 Å². The molecule has 0 saturated carbocycles. The first-order valence-corrected chi connectivity index (χ1v) is 7.27. The Labute approximate surface area is 130 Å². The van der Waals surface area contributed by atoms with Crippen LogP contribution < -0.4 is 4.74 Å². The van der Waals surface area contributed by atoms with E-state index >= 15 is 0 Å². The van der Waals surface area contributed by atoms with Gasteiger partial charge in [-0.3, -0.25) is 0 Å². The van der Waals surface area contributed by atoms with E-state index in [1.165, 1.54) is 0 Å². The zero-order valence-corrected chi connectivity index (χ0v) is 12.7. The highest BCUT2D eigenvalue weighted by Gasteiger charge is 2.09. The highest BCUT2D eigenvalue weighted by molar-refractivity contribution is 5.70. The summed E-state index contributed by atoms with van der Waals surface area (Å²) in [6.45, 7) is 3.75. The summed E-state index contributed by atoms with van der Waals surface area (Å²) >= 11 is 0. The molecule has 2 heteroatoms. The molecule has 3 aromatic rings. The van der Waals surface area contributed by atoms with Gasteiger partial charge in [0, 0.05) is 5.56 Å². The molecule has 0 heterocycles. The van der Waals surface area contributed by atoms with Gasteiger partial charge in [0.15, 0.2) is 0 Å². The van der Waals surface area contributed by atoms with E-state index in [9.17, 15) is 5.11 Å². The fraction of sp³-hybridized carbons (Fsp3) is 0.100. The molecule has 0 unspecified atom stereocenters. The topological polar surface area (TPSA) is 29.5 Å². The first-order chi connectivity index (χ1) is 10.6. The van der Waals surface area contributed by atoms with Crippen molar-refractivity contribution >= 4 is 0 Å². The molecule has 0 saturated heterocycles. The highest BCUT2D eigenvalue weighted by Crippen LogP contribution is 2.35. The maximum absolute atomic E-state index is 9.87. The van der Waals surface area contributed by atoms with Gasteiger partial charge in [-0.25, -0.2) is 0 Å². The Morgan fingerprint density at radius 3 is 2.05 bits per heavy atom. The van der Waals surface area contributed by atoms with Crippen molar-refractivity contribution in [3.63, 3.8) is 0 Å². The summed E-state index contributed by atoms with van der Waals surface area (Å²) in [7, 11) is 0. The van der Waals surface area contributed by atoms with E-state index < -0.39 is 0 Å². The third-order valence-corrected chi connectivity index (χ3v) is 3.66. The average molecular weight is 290 g/mol. The molecule has 0 atom stereocenters. The van der Waals surface area contributed by atoms with Crippen LogP contribution >= 0.6 is 0 Å². The number of benzene rings is 3. The molecule has 0 spiro atoms. The average Bonchev–Trinajstić information content (AvgIpc) is 2.54. The maximum atomic E-state index is 9.87. The van der Waals surface area contributed by atoms with Gasteiger partial charge in [0.05, 0.1) is 0 Å². The smallest absolute Gasteiger partial charge is 0.135 e. The summed E-state index contributed by atoms with van der Waals surface area (Å²) < 4.78 is 6.07. The summed E-state index contributed by atoms with van der Waals surface area (Å²) in [5.41, 5.74) is 3.79. The normalized spacial score (nSPS) is 10.5. The number of phenols is 1. The molecule has 0 aliphatic heterocycles. The molecule has 0 bridgehead atoms. The van der Waals surface area contributed by atoms with Crippen molar-refractivity contribution in [1.29, 1.82) is 0 Å². The van der Waals surface area contributed by atoms with E-state index in [0.717, 1.165) is 33.8 Å². The van der Waals surface area contributed by atoms with E-state index in [1.807, 2.05) is 68.4 Å². The predicted molar refractivity (Wildman–Crippen MR) is 89.5 cm³/mol. The number of aromatic hydroxyl groups is 1. The first kappa shape index (κ1) is 14.2. The molecule has 0 aromatic heterocycles. The Bertz CT molecular complexity index is 769. The van der Waals surface area contributed by atoms with E-state index in [0.29, 0.717) is 5.75 Å². The van der Waals surface area contributed by atoms with Crippen LogP contribution in [0.25, 0.3) is 11.1 Å². The summed E-state index contributed by atoms with van der Waals surface area (Å²) in [6, 6.07) is 21.8. The van der Waals surface area contributed by atoms with Gasteiger partial charge in [0.1, 0.15) is 17.2 Å². The van der Waals surface area contributed by atoms with Gasteiger partial charge in [0.2, 0.25) is 0 Å². The Balaban J connectivity index is 2.00. The van der Waals surface area contributed by atoms with Crippen molar-refractivity contribution in [3.8, 4) is 28.4 Å². The van der Waals surface area contributed by atoms with Crippen molar-refractivity contribution in [2.75, 3.05) is 0 Å². The van der Waals surface area contributed by atoms with E-state index in [1.54, 1.807) is 0 Å². The molecular weight excluding hydrogens is 272 g/mol. The van der Waals surface area contributed by atoms with Crippen LogP contribution in [0, 0.1) is 13.8 Å². The Morgan fingerprint density at radius 1 is 0.773 bits per heavy atom. The standard InChI is InChI=1S/C20H18O2/c1-14-12-17(13-15(2)20(14)21)22-19-11-7-6-10-18(19)16-8-4-3-5-9-16/h3-13,21H,1-2H3. The molecule has 1 N–H and O–H groups in total. The van der Waals surface area contributed by atoms with Gasteiger partial charge < -0.3 is 9.84 Å². The van der Waals surface area contributed by atoms with Crippen LogP contribution in [-0.4, -0.2) is 5.11 Å². The largest absolute Gasteiger partial charge is 0.507 e. The quantitative estimate of drug-likeness (QED) is 0.693. The van der Waals surface area contributed by atoms with Crippen molar-refractivity contribution < 1.29 is 9.84 Å². The van der Waals surface area contributed by atoms with Crippen LogP contribution in [0.1, 0.15) is 11.1 Å². The van der Waals surface area contributed by atoms with Crippen LogP contribution in [0.4, 0.5) is 0 Å². The van der Waals surface area contributed by atoms with Crippen molar-refractivity contribution in [1.82, 2.24) is 0 Å². The van der Waals surface area contributed by atoms with E-state index in [2.05, 4.69) is 12.1 Å². The molecule has 0 aliphatic carbocycles. The molecule has 0 amide bonds. The van der Waals surface area contributed by atoms with Gasteiger partial charge in [-0.05, 0) is 48.7 Å². The second-order valence-electron chi connectivity index (χ2n) is 5.37. The zero-order valence-electron chi connectivity index (χ0n) is 12.7. The molecule has 2 nitrogen and oxygen atoms in total. The van der Waals surface area contributed by atoms with Crippen LogP contribution in [0.5, 0.6) is 17.2 Å². The lowest BCUT2D eigenvalue weighted by molar-refractivity contribution is 0.457. The number of para-hydroxylation sites is 1. The summed E-state index contributed by atoms with van der Waals surface area (Å²) in [4.78, 5) is 0. The third-order valence-electron chi connectivity index (χ3n) is 3.66. The molecule has 3 rings (SSSR count). The SMILES string of the molecule is Cc1cc(Oc2ccccc2-c2ccccc2)cc(C)c1O. The van der Waals surface area contributed by atoms with Crippen molar-refractivity contribution in [2.45, 2.75) is 13.8 Å². The van der Waals surface area contributed by atoms with Crippen molar-refractivity contribution in [3.05, 3.63) is 77.9 Å². The number of ether oxygens (including phenoxy) is 1. The summed E-state index contributed by atoms with van der Waals surface area (Å²) in [5.74, 6) is 1.86. The lowest BCUT2D eigenvalue weighted by atomic mass is 10.0. The fourth-order valence-corrected chi connectivity index (χ4v) is 2.51. The molecule has 110 valence electrons. The number of hydrogen-bond acceptors (Lipinski definition) is 2. The van der Waals surface area contributed by atoms with Gasteiger partial charge in [-0.15, -0.1) is 0 Å². The summed E-state index contributed by atoms with van der Waals surface area (Å²) in [6.07, 6.45) is 0. The minimum Gasteiger partial charge on any atom is -0.507 e. The monoisotopic (exact) mass is 290 g/mol. The minimum absolute atomic E-state index is 0.323. The van der Waals surface area contributed by atoms with Gasteiger partial charge >= 0.3 is 0 Å². The van der Waals surface area contributed by atoms with Gasteiger partial charge in [-0.2, -0.15) is 0 Å². The van der Waals surface area contributed by atoms with Gasteiger partial charge in [0.25, 0.3) is 0 Å². The van der Waals surface area contributed by atoms with Crippen LogP contribution in [0.15, 0.2) is 66.7 Å². The molecule has 22 heavy (non-hydrogen) atoms. The first-order valence-electron chi connectivity index (χ1n) is 7.27. The number of phenolic OH excluding ortho intramolecular Hbond substituents is 1. The highest BCUT2D eigenvalue weighted by atomic mass is 16.5. The lowest BCUT2D eigenvalue weighted by Gasteiger charge is -2.13. The Hall–Kier alpha value is -2.74. The summed E-state index contributed by atoms with van der Waals surface area (Å²) in [5, 5.41) is 9.87. The molecule has 0 radical (unpaired) electrons. The lowest BCUT2D eigenvalue weighted by Crippen LogP contribution is -1.90. The number of hydrogen-bond donors (Lipinski definition) is 1. The molecule has 3 aromatic carbocycles. The van der Waals surface area contributed by atoms with E-state index in [4.69, 9.17) is 4.74 Å². The van der Waals surface area contributed by atoms with Crippen LogP contribution in [0.2, 0.25) is 0 Å². The zero-order chi connectivity index (χ0) is 15.5. The minimum atomic E-state index is 0.323. The Morgan fingerprint density at radius 2 is 1.36 bits per heavy atom. The molecule has 0 fully saturated rings. The second kappa shape index (κ2) is 5.94. The van der Waals surface area contributed by atoms with Gasteiger partial charge in [-0.1, -0.05) is 48.5 Å². The van der Waals surface area contributed by atoms with Crippen LogP contribution in [0.3, 0.4) is 0 Å². The predicted octanol–water partition coefficient (Wildman–Crippen LogP) is 5.47. The fourth-order valence-electron chi connectivity index (χ4n) is 2.51. The molecule has 0 aliphatic rings. The number of rotatable bonds is 3. The number of aryl methyl sites for hydroxylation is 2. The Kier molecular flexibility index (Phi) is 3.84. The van der Waals surface area contributed by atoms with Crippen LogP contribution in [-0.2, 0) is 0 Å². The molecular formula is C20H18O2. The third kappa shape index (κ3) is 2.82. The van der Waals surface area contributed by atoms with E-state index in [-0.39, 0.29) is 0 Å². The second-order valence-corrected chi connectivity index (χ2v) is 5.37. The maximum Gasteiger partial charge on any atom is 0.135 e.